The van der Waals surface area contributed by atoms with E-state index in [2.05, 4.69) is 19.2 Å². The van der Waals surface area contributed by atoms with Crippen LogP contribution in [0.3, 0.4) is 0 Å². The lowest BCUT2D eigenvalue weighted by Crippen LogP contribution is -2.41. The molecule has 0 aromatic carbocycles. The number of rotatable bonds is 10. The Labute approximate surface area is 132 Å². The van der Waals surface area contributed by atoms with Gasteiger partial charge in [-0.1, -0.05) is 33.6 Å². The van der Waals surface area contributed by atoms with E-state index in [-0.39, 0.29) is 5.75 Å². The normalized spacial score (nSPS) is 26.9. The van der Waals surface area contributed by atoms with Gasteiger partial charge < -0.3 is 5.32 Å². The highest BCUT2D eigenvalue weighted by Crippen LogP contribution is 2.34. The summed E-state index contributed by atoms with van der Waals surface area (Å²) in [5.41, 5.74) is 0. The van der Waals surface area contributed by atoms with Gasteiger partial charge in [0.25, 0.3) is 0 Å². The average Bonchev–Trinajstić information content (AvgIpc) is 2.46. The Kier molecular flexibility index (Phi) is 8.88. The fourth-order valence-electron chi connectivity index (χ4n) is 3.66. The van der Waals surface area contributed by atoms with Gasteiger partial charge in [-0.2, -0.15) is 0 Å². The van der Waals surface area contributed by atoms with Gasteiger partial charge in [-0.15, -0.1) is 0 Å². The van der Waals surface area contributed by atoms with Crippen molar-refractivity contribution in [3.63, 3.8) is 0 Å². The minimum atomic E-state index is -2.80. The molecule has 1 N–H and O–H groups in total. The molecule has 3 atom stereocenters. The fourth-order valence-corrected chi connectivity index (χ4v) is 4.55. The van der Waals surface area contributed by atoms with Crippen molar-refractivity contribution in [3.05, 3.63) is 0 Å². The van der Waals surface area contributed by atoms with Crippen molar-refractivity contribution in [2.24, 2.45) is 11.8 Å². The molecule has 1 saturated carbocycles. The smallest absolute Gasteiger partial charge is 0.150 e. The molecule has 1 aliphatic carbocycles. The summed E-state index contributed by atoms with van der Waals surface area (Å²) in [6, 6.07) is 0.613. The highest BCUT2D eigenvalue weighted by molar-refractivity contribution is 7.91. The summed E-state index contributed by atoms with van der Waals surface area (Å²) in [5.74, 6) is 2.20. The molecule has 0 spiro atoms. The summed E-state index contributed by atoms with van der Waals surface area (Å²) >= 11 is 0. The largest absolute Gasteiger partial charge is 0.314 e. The van der Waals surface area contributed by atoms with E-state index in [9.17, 15) is 8.42 Å². The number of nitrogens with one attached hydrogen (secondary N) is 1. The van der Waals surface area contributed by atoms with Crippen LogP contribution in [0.5, 0.6) is 0 Å². The Hall–Kier alpha value is -0.0900. The van der Waals surface area contributed by atoms with E-state index in [1.807, 2.05) is 0 Å². The molecular weight excluding hydrogens is 282 g/mol. The Balaban J connectivity index is 2.48. The Morgan fingerprint density at radius 2 is 1.81 bits per heavy atom. The molecule has 126 valence electrons. The standard InChI is InChI=1S/C17H35NO2S/c1-4-8-15-10-11-17(18-12-5-2)16(14-15)9-7-13-21(19,20)6-3/h15-18H,4-14H2,1-3H3. The molecule has 0 aliphatic heterocycles. The van der Waals surface area contributed by atoms with Gasteiger partial charge in [-0.05, 0) is 56.9 Å². The van der Waals surface area contributed by atoms with Gasteiger partial charge in [0.1, 0.15) is 9.84 Å². The summed E-state index contributed by atoms with van der Waals surface area (Å²) in [4.78, 5) is 0. The highest BCUT2D eigenvalue weighted by atomic mass is 32.2. The van der Waals surface area contributed by atoms with Crippen LogP contribution in [0.15, 0.2) is 0 Å². The lowest BCUT2D eigenvalue weighted by molar-refractivity contribution is 0.185. The van der Waals surface area contributed by atoms with Crippen molar-refractivity contribution in [2.45, 2.75) is 78.2 Å². The predicted octanol–water partition coefficient (Wildman–Crippen LogP) is 3.79. The Morgan fingerprint density at radius 1 is 1.05 bits per heavy atom. The van der Waals surface area contributed by atoms with Crippen molar-refractivity contribution in [3.8, 4) is 0 Å². The maximum Gasteiger partial charge on any atom is 0.150 e. The Morgan fingerprint density at radius 3 is 2.43 bits per heavy atom. The second kappa shape index (κ2) is 9.83. The second-order valence-electron chi connectivity index (χ2n) is 6.67. The minimum absolute atomic E-state index is 0.285. The molecule has 0 amide bonds. The molecule has 1 fully saturated rings. The van der Waals surface area contributed by atoms with Gasteiger partial charge in [0, 0.05) is 11.8 Å². The van der Waals surface area contributed by atoms with Gasteiger partial charge in [0.2, 0.25) is 0 Å². The van der Waals surface area contributed by atoms with Crippen LogP contribution in [0, 0.1) is 11.8 Å². The zero-order chi connectivity index (χ0) is 15.7. The fraction of sp³-hybridized carbons (Fsp3) is 1.00. The number of sulfone groups is 1. The van der Waals surface area contributed by atoms with Crippen LogP contribution in [0.25, 0.3) is 0 Å². The molecule has 0 aromatic rings. The van der Waals surface area contributed by atoms with E-state index >= 15 is 0 Å². The van der Waals surface area contributed by atoms with E-state index in [1.165, 1.54) is 38.5 Å². The molecule has 3 unspecified atom stereocenters. The summed E-state index contributed by atoms with van der Waals surface area (Å²) in [6.07, 6.45) is 9.60. The third kappa shape index (κ3) is 7.14. The molecule has 0 saturated heterocycles. The number of hydrogen-bond donors (Lipinski definition) is 1. The summed E-state index contributed by atoms with van der Waals surface area (Å²) in [5, 5.41) is 3.70. The van der Waals surface area contributed by atoms with Crippen molar-refractivity contribution in [2.75, 3.05) is 18.1 Å². The van der Waals surface area contributed by atoms with Gasteiger partial charge in [-0.3, -0.25) is 0 Å². The topological polar surface area (TPSA) is 46.2 Å². The maximum atomic E-state index is 11.6. The molecule has 0 aromatic heterocycles. The molecule has 21 heavy (non-hydrogen) atoms. The van der Waals surface area contributed by atoms with Crippen molar-refractivity contribution >= 4 is 9.84 Å². The molecule has 1 rings (SSSR count). The van der Waals surface area contributed by atoms with Crippen molar-refractivity contribution < 1.29 is 8.42 Å². The highest BCUT2D eigenvalue weighted by Gasteiger charge is 2.29. The summed E-state index contributed by atoms with van der Waals surface area (Å²) in [7, 11) is -2.80. The third-order valence-electron chi connectivity index (χ3n) is 4.91. The molecule has 4 heteroatoms. The lowest BCUT2D eigenvalue weighted by Gasteiger charge is -2.37. The van der Waals surface area contributed by atoms with Gasteiger partial charge >= 0.3 is 0 Å². The van der Waals surface area contributed by atoms with Crippen molar-refractivity contribution in [1.29, 1.82) is 0 Å². The van der Waals surface area contributed by atoms with Crippen LogP contribution in [-0.4, -0.2) is 32.5 Å². The summed E-state index contributed by atoms with van der Waals surface area (Å²) < 4.78 is 23.3. The predicted molar refractivity (Wildman–Crippen MR) is 91.4 cm³/mol. The van der Waals surface area contributed by atoms with Gasteiger partial charge in [0.05, 0.1) is 5.75 Å². The van der Waals surface area contributed by atoms with Crippen LogP contribution in [0.4, 0.5) is 0 Å². The third-order valence-corrected chi connectivity index (χ3v) is 6.70. The first-order valence-corrected chi connectivity index (χ1v) is 10.8. The van der Waals surface area contributed by atoms with Crippen LogP contribution >= 0.6 is 0 Å². The van der Waals surface area contributed by atoms with E-state index in [1.54, 1.807) is 6.92 Å². The molecule has 3 nitrogen and oxygen atoms in total. The molecule has 0 radical (unpaired) electrons. The first kappa shape index (κ1) is 19.0. The van der Waals surface area contributed by atoms with Gasteiger partial charge in [0.15, 0.2) is 0 Å². The van der Waals surface area contributed by atoms with Crippen molar-refractivity contribution in [1.82, 2.24) is 5.32 Å². The maximum absolute atomic E-state index is 11.6. The number of hydrogen-bond acceptors (Lipinski definition) is 3. The van der Waals surface area contributed by atoms with E-state index < -0.39 is 9.84 Å². The Bertz CT molecular complexity index is 367. The minimum Gasteiger partial charge on any atom is -0.314 e. The quantitative estimate of drug-likeness (QED) is 0.667. The first-order chi connectivity index (χ1) is 10.0. The first-order valence-electron chi connectivity index (χ1n) is 8.96. The molecule has 0 heterocycles. The van der Waals surface area contributed by atoms with Crippen LogP contribution in [-0.2, 0) is 9.84 Å². The monoisotopic (exact) mass is 317 g/mol. The van der Waals surface area contributed by atoms with Crippen LogP contribution in [0.1, 0.15) is 72.1 Å². The van der Waals surface area contributed by atoms with E-state index in [0.717, 1.165) is 25.3 Å². The van der Waals surface area contributed by atoms with E-state index in [4.69, 9.17) is 0 Å². The van der Waals surface area contributed by atoms with Crippen LogP contribution in [0.2, 0.25) is 0 Å². The summed E-state index contributed by atoms with van der Waals surface area (Å²) in [6.45, 7) is 7.31. The second-order valence-corrected chi connectivity index (χ2v) is 9.14. The van der Waals surface area contributed by atoms with Crippen LogP contribution < -0.4 is 5.32 Å². The zero-order valence-electron chi connectivity index (χ0n) is 14.2. The van der Waals surface area contributed by atoms with E-state index in [0.29, 0.717) is 17.7 Å². The molecule has 0 bridgehead atoms. The SMILES string of the molecule is CCCNC1CCC(CCC)CC1CCCS(=O)(=O)CC. The lowest BCUT2D eigenvalue weighted by atomic mass is 9.74. The molecule has 1 aliphatic rings. The average molecular weight is 318 g/mol. The molecular formula is C17H35NO2S. The van der Waals surface area contributed by atoms with Gasteiger partial charge in [-0.25, -0.2) is 8.42 Å². The zero-order valence-corrected chi connectivity index (χ0v) is 15.1.